The average molecular weight is 283 g/mol. The van der Waals surface area contributed by atoms with Gasteiger partial charge in [-0.05, 0) is 31.9 Å². The second-order valence-corrected chi connectivity index (χ2v) is 6.90. The lowest BCUT2D eigenvalue weighted by Crippen LogP contribution is -2.48. The van der Waals surface area contributed by atoms with Gasteiger partial charge >= 0.3 is 10.2 Å². The Bertz CT molecular complexity index is 545. The quantitative estimate of drug-likeness (QED) is 0.861. The molecule has 1 fully saturated rings. The van der Waals surface area contributed by atoms with E-state index in [9.17, 15) is 8.42 Å². The standard InChI is InChI=1S/C13H21N3O2S/c1-11-7-5-6-10-16(11)19(17,18)15(2)13-9-4-3-8-12(13)14/h3-4,8-9,11H,5-7,10,14H2,1-2H3. The van der Waals surface area contributed by atoms with Gasteiger partial charge in [-0.3, -0.25) is 4.31 Å². The monoisotopic (exact) mass is 283 g/mol. The van der Waals surface area contributed by atoms with E-state index in [0.717, 1.165) is 19.3 Å². The van der Waals surface area contributed by atoms with Crippen LogP contribution < -0.4 is 10.0 Å². The van der Waals surface area contributed by atoms with Crippen molar-refractivity contribution in [1.29, 1.82) is 0 Å². The summed E-state index contributed by atoms with van der Waals surface area (Å²) in [6.07, 6.45) is 2.92. The first kappa shape index (κ1) is 14.1. The third-order valence-electron chi connectivity index (χ3n) is 3.66. The van der Waals surface area contributed by atoms with Gasteiger partial charge in [0, 0.05) is 19.6 Å². The normalized spacial score (nSPS) is 21.3. The zero-order chi connectivity index (χ0) is 14.0. The van der Waals surface area contributed by atoms with Crippen molar-refractivity contribution in [2.45, 2.75) is 32.2 Å². The summed E-state index contributed by atoms with van der Waals surface area (Å²) < 4.78 is 28.1. The number of nitrogen functional groups attached to an aromatic ring is 1. The van der Waals surface area contributed by atoms with Crippen molar-refractivity contribution in [1.82, 2.24) is 4.31 Å². The molecular formula is C13H21N3O2S. The van der Waals surface area contributed by atoms with Gasteiger partial charge in [0.2, 0.25) is 0 Å². The number of nitrogens with zero attached hydrogens (tertiary/aromatic N) is 2. The third-order valence-corrected chi connectivity index (χ3v) is 5.68. The molecule has 1 saturated heterocycles. The number of hydrogen-bond acceptors (Lipinski definition) is 3. The van der Waals surface area contributed by atoms with Crippen LogP contribution in [0.15, 0.2) is 24.3 Å². The zero-order valence-corrected chi connectivity index (χ0v) is 12.2. The number of nitrogens with two attached hydrogens (primary N) is 1. The second-order valence-electron chi connectivity index (χ2n) is 4.99. The van der Waals surface area contributed by atoms with Crippen LogP contribution in [0.4, 0.5) is 11.4 Å². The molecule has 1 aromatic rings. The van der Waals surface area contributed by atoms with E-state index in [4.69, 9.17) is 5.73 Å². The molecule has 2 rings (SSSR count). The molecule has 1 unspecified atom stereocenters. The molecule has 5 nitrogen and oxygen atoms in total. The number of hydrogen-bond donors (Lipinski definition) is 1. The van der Waals surface area contributed by atoms with Crippen molar-refractivity contribution in [3.63, 3.8) is 0 Å². The van der Waals surface area contributed by atoms with E-state index in [2.05, 4.69) is 0 Å². The molecule has 2 N–H and O–H groups in total. The Labute approximate surface area is 115 Å². The van der Waals surface area contributed by atoms with Gasteiger partial charge in [0.15, 0.2) is 0 Å². The molecule has 1 aliphatic rings. The molecule has 0 radical (unpaired) electrons. The fourth-order valence-electron chi connectivity index (χ4n) is 2.47. The maximum absolute atomic E-state index is 12.6. The van der Waals surface area contributed by atoms with E-state index < -0.39 is 10.2 Å². The van der Waals surface area contributed by atoms with Crippen LogP contribution in [0.25, 0.3) is 0 Å². The maximum Gasteiger partial charge on any atom is 0.304 e. The first-order chi connectivity index (χ1) is 8.94. The summed E-state index contributed by atoms with van der Waals surface area (Å²) in [6.45, 7) is 2.54. The van der Waals surface area contributed by atoms with Gasteiger partial charge in [-0.25, -0.2) is 0 Å². The number of rotatable bonds is 3. The summed E-state index contributed by atoms with van der Waals surface area (Å²) in [4.78, 5) is 0. The van der Waals surface area contributed by atoms with Crippen LogP contribution in [0, 0.1) is 0 Å². The second kappa shape index (κ2) is 5.38. The molecule has 1 atom stereocenters. The van der Waals surface area contributed by atoms with Crippen molar-refractivity contribution < 1.29 is 8.42 Å². The van der Waals surface area contributed by atoms with Crippen LogP contribution in [-0.2, 0) is 10.2 Å². The van der Waals surface area contributed by atoms with Crippen molar-refractivity contribution in [3.8, 4) is 0 Å². The van der Waals surface area contributed by atoms with Crippen LogP contribution in [0.3, 0.4) is 0 Å². The molecule has 106 valence electrons. The summed E-state index contributed by atoms with van der Waals surface area (Å²) in [6, 6.07) is 7.06. The van der Waals surface area contributed by atoms with E-state index in [1.807, 2.05) is 6.92 Å². The van der Waals surface area contributed by atoms with E-state index in [-0.39, 0.29) is 6.04 Å². The smallest absolute Gasteiger partial charge is 0.304 e. The Hall–Kier alpha value is -1.27. The van der Waals surface area contributed by atoms with E-state index in [1.54, 1.807) is 35.6 Å². The number of benzene rings is 1. The molecule has 0 aromatic heterocycles. The molecule has 0 amide bonds. The minimum absolute atomic E-state index is 0.0473. The molecule has 1 heterocycles. The van der Waals surface area contributed by atoms with Crippen molar-refractivity contribution >= 4 is 21.6 Å². The lowest BCUT2D eigenvalue weighted by molar-refractivity contribution is 0.268. The van der Waals surface area contributed by atoms with Crippen molar-refractivity contribution in [3.05, 3.63) is 24.3 Å². The zero-order valence-electron chi connectivity index (χ0n) is 11.4. The highest BCUT2D eigenvalue weighted by atomic mass is 32.2. The number of para-hydroxylation sites is 2. The molecule has 1 aliphatic heterocycles. The summed E-state index contributed by atoms with van der Waals surface area (Å²) in [5, 5.41) is 0. The Morgan fingerprint density at radius 1 is 1.32 bits per heavy atom. The molecule has 19 heavy (non-hydrogen) atoms. The predicted octanol–water partition coefficient (Wildman–Crippen LogP) is 1.82. The van der Waals surface area contributed by atoms with Crippen molar-refractivity contribution in [2.75, 3.05) is 23.6 Å². The molecule has 0 spiro atoms. The van der Waals surface area contributed by atoms with Gasteiger partial charge in [-0.15, -0.1) is 0 Å². The van der Waals surface area contributed by atoms with Crippen LogP contribution in [0.1, 0.15) is 26.2 Å². The summed E-state index contributed by atoms with van der Waals surface area (Å²) in [5.74, 6) is 0. The molecule has 0 bridgehead atoms. The van der Waals surface area contributed by atoms with E-state index in [1.165, 1.54) is 4.31 Å². The van der Waals surface area contributed by atoms with E-state index in [0.29, 0.717) is 17.9 Å². The minimum Gasteiger partial charge on any atom is -0.397 e. The molecular weight excluding hydrogens is 262 g/mol. The minimum atomic E-state index is -3.50. The Balaban J connectivity index is 2.31. The SMILES string of the molecule is CC1CCCCN1S(=O)(=O)N(C)c1ccccc1N. The molecule has 6 heteroatoms. The van der Waals surface area contributed by atoms with E-state index >= 15 is 0 Å². The maximum atomic E-state index is 12.6. The van der Waals surface area contributed by atoms with Gasteiger partial charge in [0.25, 0.3) is 0 Å². The van der Waals surface area contributed by atoms with Crippen molar-refractivity contribution in [2.24, 2.45) is 0 Å². The fraction of sp³-hybridized carbons (Fsp3) is 0.538. The van der Waals surface area contributed by atoms with Gasteiger partial charge in [-0.2, -0.15) is 12.7 Å². The molecule has 1 aromatic carbocycles. The van der Waals surface area contributed by atoms with Gasteiger partial charge in [-0.1, -0.05) is 18.6 Å². The third kappa shape index (κ3) is 2.69. The van der Waals surface area contributed by atoms with Gasteiger partial charge < -0.3 is 5.73 Å². The largest absolute Gasteiger partial charge is 0.397 e. The van der Waals surface area contributed by atoms with Gasteiger partial charge in [0.05, 0.1) is 11.4 Å². The average Bonchev–Trinajstić information content (AvgIpc) is 2.39. The highest BCUT2D eigenvalue weighted by molar-refractivity contribution is 7.90. The predicted molar refractivity (Wildman–Crippen MR) is 78.2 cm³/mol. The van der Waals surface area contributed by atoms with Crippen LogP contribution in [0.2, 0.25) is 0 Å². The Morgan fingerprint density at radius 2 is 2.00 bits per heavy atom. The first-order valence-corrected chi connectivity index (χ1v) is 7.94. The summed E-state index contributed by atoms with van der Waals surface area (Å²) >= 11 is 0. The molecule has 0 aliphatic carbocycles. The fourth-order valence-corrected chi connectivity index (χ4v) is 4.12. The van der Waals surface area contributed by atoms with Crippen LogP contribution >= 0.6 is 0 Å². The lowest BCUT2D eigenvalue weighted by Gasteiger charge is -2.36. The van der Waals surface area contributed by atoms with Crippen LogP contribution in [-0.4, -0.2) is 32.4 Å². The topological polar surface area (TPSA) is 66.6 Å². The number of piperidine rings is 1. The highest BCUT2D eigenvalue weighted by Crippen LogP contribution is 2.28. The Morgan fingerprint density at radius 3 is 2.63 bits per heavy atom. The lowest BCUT2D eigenvalue weighted by atomic mass is 10.1. The summed E-state index contributed by atoms with van der Waals surface area (Å²) in [5.41, 5.74) is 6.86. The number of anilines is 2. The highest BCUT2D eigenvalue weighted by Gasteiger charge is 2.33. The molecule has 0 saturated carbocycles. The first-order valence-electron chi connectivity index (χ1n) is 6.55. The Kier molecular flexibility index (Phi) is 4.01. The summed E-state index contributed by atoms with van der Waals surface area (Å²) in [7, 11) is -1.94. The van der Waals surface area contributed by atoms with Gasteiger partial charge in [0.1, 0.15) is 0 Å². The van der Waals surface area contributed by atoms with Crippen LogP contribution in [0.5, 0.6) is 0 Å².